The van der Waals surface area contributed by atoms with E-state index in [4.69, 9.17) is 21.4 Å². The Bertz CT molecular complexity index is 1540. The Hall–Kier alpha value is -3.53. The molecule has 1 fully saturated rings. The number of fused-ring (bicyclic) bond motifs is 1. The number of rotatable bonds is 6. The number of aromatic nitrogens is 3. The zero-order valence-electron chi connectivity index (χ0n) is 20.4. The fourth-order valence-electron chi connectivity index (χ4n) is 4.84. The SMILES string of the molecule is C[C@@H]1O[C@H](c2cn(-c3ccc(Br)cc3)nc2-c2ccc(Cl)cn2)N(CCc2ccc3c(c2)CC(=O)N3)C1=O. The van der Waals surface area contributed by atoms with Crippen LogP contribution in [0.15, 0.2) is 71.5 Å². The fraction of sp³-hybridized carbons (Fsp3) is 0.214. The monoisotopic (exact) mass is 591 g/mol. The maximum absolute atomic E-state index is 13.2. The number of nitrogens with one attached hydrogen (secondary N) is 1. The molecule has 1 saturated heterocycles. The molecule has 0 bridgehead atoms. The van der Waals surface area contributed by atoms with Crippen LogP contribution in [-0.4, -0.2) is 44.1 Å². The summed E-state index contributed by atoms with van der Waals surface area (Å²) >= 11 is 9.57. The van der Waals surface area contributed by atoms with Crippen LogP contribution in [0.3, 0.4) is 0 Å². The van der Waals surface area contributed by atoms with E-state index in [1.807, 2.05) is 54.7 Å². The predicted octanol–water partition coefficient (Wildman–Crippen LogP) is 5.33. The number of hydrogen-bond acceptors (Lipinski definition) is 5. The van der Waals surface area contributed by atoms with Gasteiger partial charge in [-0.2, -0.15) is 5.10 Å². The molecule has 0 saturated carbocycles. The summed E-state index contributed by atoms with van der Waals surface area (Å²) in [5, 5.41) is 8.23. The van der Waals surface area contributed by atoms with Gasteiger partial charge in [0.15, 0.2) is 6.23 Å². The summed E-state index contributed by atoms with van der Waals surface area (Å²) < 4.78 is 8.94. The fourth-order valence-corrected chi connectivity index (χ4v) is 5.22. The van der Waals surface area contributed by atoms with Crippen molar-refractivity contribution in [2.75, 3.05) is 11.9 Å². The van der Waals surface area contributed by atoms with Crippen molar-refractivity contribution in [3.63, 3.8) is 0 Å². The van der Waals surface area contributed by atoms with Gasteiger partial charge >= 0.3 is 0 Å². The first-order valence-corrected chi connectivity index (χ1v) is 13.4. The Labute approximate surface area is 232 Å². The smallest absolute Gasteiger partial charge is 0.253 e. The van der Waals surface area contributed by atoms with Crippen LogP contribution in [0.5, 0.6) is 0 Å². The number of amides is 2. The van der Waals surface area contributed by atoms with Gasteiger partial charge in [0, 0.05) is 34.7 Å². The second-order valence-electron chi connectivity index (χ2n) is 9.34. The molecule has 2 aliphatic rings. The molecule has 0 unspecified atom stereocenters. The summed E-state index contributed by atoms with van der Waals surface area (Å²) in [7, 11) is 0. The molecule has 8 nitrogen and oxygen atoms in total. The van der Waals surface area contributed by atoms with Crippen LogP contribution in [0, 0.1) is 0 Å². The Morgan fingerprint density at radius 3 is 2.71 bits per heavy atom. The van der Waals surface area contributed by atoms with Crippen molar-refractivity contribution >= 4 is 45.0 Å². The van der Waals surface area contributed by atoms with Crippen molar-refractivity contribution in [1.29, 1.82) is 0 Å². The number of carbonyl (C=O) groups excluding carboxylic acids is 2. The Balaban J connectivity index is 1.34. The molecular weight excluding hydrogens is 570 g/mol. The van der Waals surface area contributed by atoms with Crippen LogP contribution in [0.2, 0.25) is 5.02 Å². The van der Waals surface area contributed by atoms with Gasteiger partial charge in [0.2, 0.25) is 5.91 Å². The highest BCUT2D eigenvalue weighted by atomic mass is 79.9. The summed E-state index contributed by atoms with van der Waals surface area (Å²) in [6, 6.07) is 17.3. The second-order valence-corrected chi connectivity index (χ2v) is 10.7. The van der Waals surface area contributed by atoms with Crippen molar-refractivity contribution in [3.05, 3.63) is 93.2 Å². The summed E-state index contributed by atoms with van der Waals surface area (Å²) in [5.41, 5.74) is 5.73. The third-order valence-corrected chi connectivity index (χ3v) is 7.51. The first-order valence-electron chi connectivity index (χ1n) is 12.2. The minimum atomic E-state index is -0.633. The van der Waals surface area contributed by atoms with Crippen molar-refractivity contribution in [2.45, 2.75) is 32.1 Å². The van der Waals surface area contributed by atoms with Crippen molar-refractivity contribution in [3.8, 4) is 17.1 Å². The van der Waals surface area contributed by atoms with Crippen LogP contribution in [0.25, 0.3) is 17.1 Å². The van der Waals surface area contributed by atoms with E-state index in [1.54, 1.807) is 28.8 Å². The molecule has 38 heavy (non-hydrogen) atoms. The Morgan fingerprint density at radius 2 is 1.95 bits per heavy atom. The third-order valence-electron chi connectivity index (χ3n) is 6.75. The first-order chi connectivity index (χ1) is 18.4. The standard InChI is InChI=1S/C28H23BrClN5O3/c1-16-27(37)34(11-10-17-2-8-23-18(12-17)13-25(36)32-23)28(38-16)22-15-35(21-6-3-19(29)4-7-21)33-26(22)24-9-5-20(30)14-31-24/h2-9,12,14-16,28H,10-11,13H2,1H3,(H,32,36)/t16-,28+/m0/s1. The number of benzene rings is 2. The van der Waals surface area contributed by atoms with Crippen molar-refractivity contribution in [1.82, 2.24) is 19.7 Å². The van der Waals surface area contributed by atoms with Crippen LogP contribution in [0.4, 0.5) is 5.69 Å². The van der Waals surface area contributed by atoms with Crippen molar-refractivity contribution in [2.24, 2.45) is 0 Å². The average Bonchev–Trinajstić information content (AvgIpc) is 3.58. The molecule has 0 spiro atoms. The molecule has 10 heteroatoms. The van der Waals surface area contributed by atoms with Crippen LogP contribution in [0.1, 0.15) is 29.8 Å². The van der Waals surface area contributed by atoms with E-state index >= 15 is 0 Å². The molecule has 2 aromatic carbocycles. The molecular formula is C28H23BrClN5O3. The van der Waals surface area contributed by atoms with Gasteiger partial charge in [0.1, 0.15) is 11.8 Å². The van der Waals surface area contributed by atoms with Gasteiger partial charge in [-0.3, -0.25) is 14.6 Å². The Morgan fingerprint density at radius 1 is 1.13 bits per heavy atom. The van der Waals surface area contributed by atoms with Gasteiger partial charge < -0.3 is 15.0 Å². The summed E-state index contributed by atoms with van der Waals surface area (Å²) in [5.74, 6) is -0.0836. The van der Waals surface area contributed by atoms with E-state index in [1.165, 1.54) is 0 Å². The highest BCUT2D eigenvalue weighted by Crippen LogP contribution is 2.37. The molecule has 4 aromatic rings. The third kappa shape index (κ3) is 4.73. The van der Waals surface area contributed by atoms with E-state index in [2.05, 4.69) is 26.2 Å². The largest absolute Gasteiger partial charge is 0.341 e. The number of carbonyl (C=O) groups is 2. The van der Waals surface area contributed by atoms with E-state index in [0.29, 0.717) is 35.8 Å². The van der Waals surface area contributed by atoms with E-state index in [9.17, 15) is 9.59 Å². The lowest BCUT2D eigenvalue weighted by Gasteiger charge is -2.23. The van der Waals surface area contributed by atoms with Gasteiger partial charge in [-0.1, -0.05) is 39.7 Å². The lowest BCUT2D eigenvalue weighted by atomic mass is 10.1. The molecule has 0 aliphatic carbocycles. The van der Waals surface area contributed by atoms with E-state index in [-0.39, 0.29) is 11.8 Å². The lowest BCUT2D eigenvalue weighted by molar-refractivity contribution is -0.130. The highest BCUT2D eigenvalue weighted by molar-refractivity contribution is 9.10. The molecule has 192 valence electrons. The number of ether oxygens (including phenoxy) is 1. The second kappa shape index (κ2) is 9.98. The van der Waals surface area contributed by atoms with Gasteiger partial charge in [-0.25, -0.2) is 4.68 Å². The predicted molar refractivity (Wildman–Crippen MR) is 147 cm³/mol. The summed E-state index contributed by atoms with van der Waals surface area (Å²) in [6.07, 6.45) is 3.24. The Kier molecular flexibility index (Phi) is 6.51. The van der Waals surface area contributed by atoms with Gasteiger partial charge in [0.25, 0.3) is 5.91 Å². The topological polar surface area (TPSA) is 89.3 Å². The summed E-state index contributed by atoms with van der Waals surface area (Å²) in [4.78, 5) is 31.2. The maximum atomic E-state index is 13.2. The van der Waals surface area contributed by atoms with Crippen LogP contribution in [-0.2, 0) is 27.2 Å². The molecule has 6 rings (SSSR count). The van der Waals surface area contributed by atoms with Gasteiger partial charge in [-0.05, 0) is 66.9 Å². The molecule has 2 atom stereocenters. The van der Waals surface area contributed by atoms with Crippen LogP contribution >= 0.6 is 27.5 Å². The van der Waals surface area contributed by atoms with E-state index < -0.39 is 12.3 Å². The number of hydrogen-bond donors (Lipinski definition) is 1. The van der Waals surface area contributed by atoms with Gasteiger partial charge in [-0.15, -0.1) is 0 Å². The number of anilines is 1. The number of halogens is 2. The zero-order chi connectivity index (χ0) is 26.4. The maximum Gasteiger partial charge on any atom is 0.253 e. The molecule has 2 amide bonds. The molecule has 1 N–H and O–H groups in total. The molecule has 4 heterocycles. The minimum absolute atomic E-state index is 0.000263. The lowest BCUT2D eigenvalue weighted by Crippen LogP contribution is -2.32. The number of nitrogens with zero attached hydrogens (tertiary/aromatic N) is 4. The van der Waals surface area contributed by atoms with Gasteiger partial charge in [0.05, 0.1) is 22.8 Å². The molecule has 2 aliphatic heterocycles. The molecule has 0 radical (unpaired) electrons. The highest BCUT2D eigenvalue weighted by Gasteiger charge is 2.41. The first kappa shape index (κ1) is 24.8. The van der Waals surface area contributed by atoms with E-state index in [0.717, 1.165) is 32.5 Å². The summed E-state index contributed by atoms with van der Waals surface area (Å²) in [6.45, 7) is 2.21. The number of pyridine rings is 1. The zero-order valence-corrected chi connectivity index (χ0v) is 22.7. The quantitative estimate of drug-likeness (QED) is 0.327. The normalized spacial score (nSPS) is 18.7. The minimum Gasteiger partial charge on any atom is -0.341 e. The van der Waals surface area contributed by atoms with Crippen molar-refractivity contribution < 1.29 is 14.3 Å². The van der Waals surface area contributed by atoms with Crippen LogP contribution < -0.4 is 5.32 Å². The average molecular weight is 593 g/mol. The molecule has 2 aromatic heterocycles.